The van der Waals surface area contributed by atoms with Gasteiger partial charge >= 0.3 is 59.1 Å². The van der Waals surface area contributed by atoms with E-state index < -0.39 is 47.4 Å². The molecule has 3 aromatic carbocycles. The second-order valence-electron chi connectivity index (χ2n) is 11.7. The number of halogens is 1. The minimum absolute atomic E-state index is 0. The molecule has 0 saturated heterocycles. The summed E-state index contributed by atoms with van der Waals surface area (Å²) in [6, 6.07) is 10.1. The molecule has 3 amide bonds. The Hall–Kier alpha value is -3.14. The summed E-state index contributed by atoms with van der Waals surface area (Å²) < 4.78 is 14.7. The van der Waals surface area contributed by atoms with E-state index in [9.17, 15) is 38.9 Å². The van der Waals surface area contributed by atoms with Gasteiger partial charge in [-0.15, -0.1) is 0 Å². The number of aliphatic hydroxyl groups excluding tert-OH is 1. The predicted molar refractivity (Wildman–Crippen MR) is 165 cm³/mol. The number of carboxylic acids is 1. The molecule has 1 heterocycles. The fourth-order valence-electron chi connectivity index (χ4n) is 5.80. The Morgan fingerprint density at radius 3 is 2.33 bits per heavy atom. The number of anilines is 1. The molecule has 1 saturated carbocycles. The van der Waals surface area contributed by atoms with Crippen molar-refractivity contribution in [3.05, 3.63) is 94.6 Å². The van der Waals surface area contributed by atoms with Crippen LogP contribution in [0.5, 0.6) is 0 Å². The van der Waals surface area contributed by atoms with Gasteiger partial charge < -0.3 is 41.0 Å². The van der Waals surface area contributed by atoms with Crippen molar-refractivity contribution < 1.29 is 98.0 Å². The van der Waals surface area contributed by atoms with E-state index in [1.807, 2.05) is 0 Å². The third-order valence-electron chi connectivity index (χ3n) is 8.32. The Kier molecular flexibility index (Phi) is 15.4. The van der Waals surface area contributed by atoms with Gasteiger partial charge in [-0.1, -0.05) is 43.9 Å². The Morgan fingerprint density at radius 2 is 1.65 bits per heavy atom. The number of nitrogens with zero attached hydrogens (tertiary/aromatic N) is 1. The number of fused-ring (bicyclic) bond motifs is 1. The van der Waals surface area contributed by atoms with Gasteiger partial charge in [-0.05, 0) is 71.8 Å². The zero-order valence-corrected chi connectivity index (χ0v) is 31.4. The first kappa shape index (κ1) is 40.3. The van der Waals surface area contributed by atoms with Crippen LogP contribution in [0.1, 0.15) is 87.0 Å². The summed E-state index contributed by atoms with van der Waals surface area (Å²) in [5.41, 5.74) is -0.00199. The summed E-state index contributed by atoms with van der Waals surface area (Å²) in [5.74, 6) is -4.14. The molecule has 15 heteroatoms. The number of carboxylic acid groups (broad SMARTS) is 1. The minimum Gasteiger partial charge on any atom is -0.828 e. The van der Waals surface area contributed by atoms with Gasteiger partial charge in [0.25, 0.3) is 11.8 Å². The molecule has 5 N–H and O–H groups in total. The van der Waals surface area contributed by atoms with E-state index in [2.05, 4.69) is 25.9 Å². The summed E-state index contributed by atoms with van der Waals surface area (Å²) in [7, 11) is 0. The number of rotatable bonds is 11. The SMILES string of the molecule is O=C([O-])c1cc(NC(=O)[C@H](Cc2ccccc2F)NC(=O)c2cc3nc[nH]c3cc2C(=O)NCC2CCCCCC2)cc(C([O-])O)c1.[Na+].[Na+]. The third kappa shape index (κ3) is 10.7. The average Bonchev–Trinajstić information content (AvgIpc) is 3.36. The Bertz CT molecular complexity index is 1790. The van der Waals surface area contributed by atoms with E-state index in [0.29, 0.717) is 23.5 Å². The van der Waals surface area contributed by atoms with Crippen LogP contribution in [-0.2, 0) is 11.2 Å². The van der Waals surface area contributed by atoms with Crippen LogP contribution in [0.2, 0.25) is 0 Å². The molecule has 5 rings (SSSR count). The van der Waals surface area contributed by atoms with Crippen LogP contribution in [0.3, 0.4) is 0 Å². The number of nitrogens with one attached hydrogen (secondary N) is 4. The monoisotopic (exact) mass is 689 g/mol. The van der Waals surface area contributed by atoms with Crippen LogP contribution in [0, 0.1) is 11.7 Å². The van der Waals surface area contributed by atoms with Gasteiger partial charge in [-0.25, -0.2) is 9.37 Å². The first-order valence-electron chi connectivity index (χ1n) is 15.4. The molecule has 1 aliphatic carbocycles. The van der Waals surface area contributed by atoms with Gasteiger partial charge in [-0.3, -0.25) is 14.4 Å². The maximum atomic E-state index is 14.7. The van der Waals surface area contributed by atoms with Crippen LogP contribution in [0.25, 0.3) is 11.0 Å². The van der Waals surface area contributed by atoms with Crippen LogP contribution < -0.4 is 85.3 Å². The molecule has 0 spiro atoms. The molecule has 49 heavy (non-hydrogen) atoms. The quantitative estimate of drug-likeness (QED) is 0.0598. The van der Waals surface area contributed by atoms with E-state index >= 15 is 0 Å². The number of H-pyrrole nitrogens is 1. The number of benzene rings is 3. The molecule has 1 aliphatic rings. The fraction of sp³-hybridized carbons (Fsp3) is 0.324. The van der Waals surface area contributed by atoms with Gasteiger partial charge in [0, 0.05) is 24.9 Å². The first-order chi connectivity index (χ1) is 22.6. The first-order valence-corrected chi connectivity index (χ1v) is 15.4. The van der Waals surface area contributed by atoms with Crippen molar-refractivity contribution in [2.45, 2.75) is 57.3 Å². The standard InChI is InChI=1S/C34H35FN5O7.2Na/c35-26-10-6-5-9-20(26)14-29(32(43)39-23-12-21(33(44)45)11-22(13-23)34(46)47)40-31(42)25-16-28-27(37-18-38-28)15-24(25)30(41)36-17-19-7-3-1-2-4-8-19;;/h5-6,9-13,15-16,18-19,29,33,44H,1-4,7-8,14,17H2,(H,36,41)(H,37,38)(H,39,43)(H,40,42)(H,46,47);;/q-1;2*+1/p-1/t29-,33?;;/m0../s1. The predicted octanol–water partition coefficient (Wildman–Crippen LogP) is -3.90. The molecular formula is C34H34FN5Na2O7. The fourth-order valence-corrected chi connectivity index (χ4v) is 5.80. The number of aromatic amines is 1. The number of amides is 3. The molecule has 246 valence electrons. The molecule has 0 aliphatic heterocycles. The molecule has 4 aromatic rings. The second-order valence-corrected chi connectivity index (χ2v) is 11.7. The number of carbonyl (C=O) groups is 4. The Balaban J connectivity index is 0.00000325. The van der Waals surface area contributed by atoms with Crippen LogP contribution in [-0.4, -0.2) is 51.4 Å². The zero-order valence-electron chi connectivity index (χ0n) is 27.4. The van der Waals surface area contributed by atoms with E-state index in [1.165, 1.54) is 36.7 Å². The van der Waals surface area contributed by atoms with Crippen molar-refractivity contribution in [2.75, 3.05) is 11.9 Å². The number of hydrogen-bond donors (Lipinski definition) is 5. The topological polar surface area (TPSA) is 199 Å². The number of aromatic nitrogens is 2. The summed E-state index contributed by atoms with van der Waals surface area (Å²) >= 11 is 0. The van der Waals surface area contributed by atoms with Crippen LogP contribution in [0.15, 0.2) is 60.9 Å². The molecule has 1 unspecified atom stereocenters. The van der Waals surface area contributed by atoms with Gasteiger partial charge in [0.2, 0.25) is 5.91 Å². The van der Waals surface area contributed by atoms with Gasteiger partial charge in [0.05, 0.1) is 34.5 Å². The normalized spacial score (nSPS) is 14.3. The van der Waals surface area contributed by atoms with Crippen LogP contribution >= 0.6 is 0 Å². The third-order valence-corrected chi connectivity index (χ3v) is 8.32. The molecule has 0 bridgehead atoms. The van der Waals surface area contributed by atoms with Crippen molar-refractivity contribution >= 4 is 40.4 Å². The van der Waals surface area contributed by atoms with Crippen molar-refractivity contribution in [1.82, 2.24) is 20.6 Å². The van der Waals surface area contributed by atoms with E-state index in [0.717, 1.165) is 56.7 Å². The van der Waals surface area contributed by atoms with E-state index in [-0.39, 0.29) is 93.5 Å². The minimum atomic E-state index is -2.30. The zero-order chi connectivity index (χ0) is 33.5. The van der Waals surface area contributed by atoms with Gasteiger partial charge in [0.1, 0.15) is 11.9 Å². The molecule has 0 radical (unpaired) electrons. The maximum Gasteiger partial charge on any atom is 1.00 e. The van der Waals surface area contributed by atoms with Crippen molar-refractivity contribution in [3.8, 4) is 0 Å². The molecule has 1 fully saturated rings. The van der Waals surface area contributed by atoms with E-state index in [4.69, 9.17) is 0 Å². The van der Waals surface area contributed by atoms with Crippen molar-refractivity contribution in [1.29, 1.82) is 0 Å². The van der Waals surface area contributed by atoms with Gasteiger partial charge in [-0.2, -0.15) is 0 Å². The largest absolute Gasteiger partial charge is 1.00 e. The number of carbonyl (C=O) groups excluding carboxylic acids is 4. The molecular weight excluding hydrogens is 655 g/mol. The Morgan fingerprint density at radius 1 is 0.959 bits per heavy atom. The molecule has 1 aromatic heterocycles. The summed E-state index contributed by atoms with van der Waals surface area (Å²) in [5, 5.41) is 40.6. The van der Waals surface area contributed by atoms with Gasteiger partial charge in [0.15, 0.2) is 0 Å². The summed E-state index contributed by atoms with van der Waals surface area (Å²) in [6.45, 7) is 0.449. The number of hydrogen-bond acceptors (Lipinski definition) is 8. The smallest absolute Gasteiger partial charge is 0.828 e. The average molecular weight is 690 g/mol. The Labute approximate surface area is 326 Å². The maximum absolute atomic E-state index is 14.7. The number of aromatic carboxylic acids is 1. The summed E-state index contributed by atoms with van der Waals surface area (Å²) in [4.78, 5) is 59.6. The van der Waals surface area contributed by atoms with Crippen LogP contribution in [0.4, 0.5) is 10.1 Å². The molecule has 12 nitrogen and oxygen atoms in total. The van der Waals surface area contributed by atoms with Crippen molar-refractivity contribution in [3.63, 3.8) is 0 Å². The van der Waals surface area contributed by atoms with Crippen molar-refractivity contribution in [2.24, 2.45) is 5.92 Å². The van der Waals surface area contributed by atoms with E-state index in [1.54, 1.807) is 6.07 Å². The second kappa shape index (κ2) is 18.7. The summed E-state index contributed by atoms with van der Waals surface area (Å²) in [6.07, 6.45) is 5.31. The number of aliphatic hydroxyl groups is 1. The number of imidazole rings is 1. The molecule has 2 atom stereocenters.